The molecule has 2 fully saturated rings. The Kier molecular flexibility index (Phi) is 9.33. The SMILES string of the molecule is C(OCC1CO1)C1CO1.Oc1ccccc1.Oc1ccccc1.c1ccc(-c2cccc3c2O3)cc1. The van der Waals surface area contributed by atoms with Crippen molar-refractivity contribution < 1.29 is 29.2 Å². The summed E-state index contributed by atoms with van der Waals surface area (Å²) < 4.78 is 20.4. The predicted molar refractivity (Wildman–Crippen MR) is 138 cm³/mol. The molecule has 3 heterocycles. The lowest BCUT2D eigenvalue weighted by Crippen LogP contribution is -2.06. The summed E-state index contributed by atoms with van der Waals surface area (Å²) in [7, 11) is 0. The molecule has 0 aromatic heterocycles. The molecule has 0 aliphatic carbocycles. The second-order valence-corrected chi connectivity index (χ2v) is 8.22. The molecule has 7 rings (SSSR count). The van der Waals surface area contributed by atoms with Gasteiger partial charge < -0.3 is 29.2 Å². The van der Waals surface area contributed by atoms with Crippen molar-refractivity contribution in [3.05, 3.63) is 109 Å². The molecule has 0 saturated carbocycles. The highest BCUT2D eigenvalue weighted by Gasteiger charge is 2.26. The lowest BCUT2D eigenvalue weighted by atomic mass is 10.1. The summed E-state index contributed by atoms with van der Waals surface area (Å²) in [4.78, 5) is 0. The molecule has 4 aromatic carbocycles. The number of fused-ring (bicyclic) bond motifs is 1. The summed E-state index contributed by atoms with van der Waals surface area (Å²) in [5.41, 5.74) is 2.41. The fourth-order valence-electron chi connectivity index (χ4n) is 3.05. The normalized spacial score (nSPS) is 17.2. The summed E-state index contributed by atoms with van der Waals surface area (Å²) in [6, 6.07) is 33.8. The van der Waals surface area contributed by atoms with Crippen LogP contribution in [0.25, 0.3) is 11.1 Å². The smallest absolute Gasteiger partial charge is 0.177 e. The van der Waals surface area contributed by atoms with E-state index in [-0.39, 0.29) is 0 Å². The molecule has 6 nitrogen and oxygen atoms in total. The first-order valence-electron chi connectivity index (χ1n) is 11.8. The van der Waals surface area contributed by atoms with Crippen LogP contribution in [0.3, 0.4) is 0 Å². The van der Waals surface area contributed by atoms with Gasteiger partial charge in [0.25, 0.3) is 0 Å². The van der Waals surface area contributed by atoms with Crippen LogP contribution in [0.2, 0.25) is 0 Å². The highest BCUT2D eigenvalue weighted by atomic mass is 16.6. The van der Waals surface area contributed by atoms with Gasteiger partial charge in [0, 0.05) is 5.56 Å². The first-order valence-corrected chi connectivity index (χ1v) is 11.8. The van der Waals surface area contributed by atoms with E-state index < -0.39 is 0 Å². The Morgan fingerprint density at radius 3 is 1.50 bits per heavy atom. The summed E-state index contributed by atoms with van der Waals surface area (Å²) in [6.07, 6.45) is 0.785. The van der Waals surface area contributed by atoms with Crippen molar-refractivity contribution in [2.24, 2.45) is 0 Å². The summed E-state index contributed by atoms with van der Waals surface area (Å²) in [6.45, 7) is 3.26. The second-order valence-electron chi connectivity index (χ2n) is 8.22. The molecule has 4 aromatic rings. The number of benzene rings is 4. The summed E-state index contributed by atoms with van der Waals surface area (Å²) in [5, 5.41) is 17.3. The Labute approximate surface area is 211 Å². The third-order valence-electron chi connectivity index (χ3n) is 5.16. The van der Waals surface area contributed by atoms with Gasteiger partial charge in [-0.15, -0.1) is 0 Å². The van der Waals surface area contributed by atoms with E-state index >= 15 is 0 Å². The molecule has 6 heteroatoms. The maximum absolute atomic E-state index is 8.63. The van der Waals surface area contributed by atoms with Crippen LogP contribution in [0.5, 0.6) is 23.0 Å². The molecule has 3 aliphatic heterocycles. The Morgan fingerprint density at radius 2 is 1.08 bits per heavy atom. The zero-order valence-corrected chi connectivity index (χ0v) is 19.9. The second kappa shape index (κ2) is 13.3. The van der Waals surface area contributed by atoms with Crippen molar-refractivity contribution in [1.82, 2.24) is 0 Å². The number of rotatable bonds is 5. The Morgan fingerprint density at radius 1 is 0.611 bits per heavy atom. The van der Waals surface area contributed by atoms with Crippen molar-refractivity contribution in [3.63, 3.8) is 0 Å². The van der Waals surface area contributed by atoms with E-state index in [0.717, 1.165) is 37.9 Å². The van der Waals surface area contributed by atoms with Gasteiger partial charge in [0.15, 0.2) is 11.5 Å². The van der Waals surface area contributed by atoms with Gasteiger partial charge in [-0.25, -0.2) is 0 Å². The molecule has 2 N–H and O–H groups in total. The third kappa shape index (κ3) is 9.43. The van der Waals surface area contributed by atoms with Crippen molar-refractivity contribution in [2.45, 2.75) is 12.2 Å². The summed E-state index contributed by atoms with van der Waals surface area (Å²) in [5.74, 6) is 2.69. The lowest BCUT2D eigenvalue weighted by Gasteiger charge is -1.96. The van der Waals surface area contributed by atoms with Gasteiger partial charge in [-0.2, -0.15) is 0 Å². The van der Waals surface area contributed by atoms with Gasteiger partial charge in [0.05, 0.1) is 26.4 Å². The zero-order chi connectivity index (χ0) is 25.0. The molecule has 186 valence electrons. The van der Waals surface area contributed by atoms with Crippen LogP contribution in [0.1, 0.15) is 0 Å². The number of hydrogen-bond donors (Lipinski definition) is 2. The van der Waals surface area contributed by atoms with Gasteiger partial charge in [0.1, 0.15) is 23.7 Å². The quantitative estimate of drug-likeness (QED) is 0.294. The monoisotopic (exact) mass is 486 g/mol. The van der Waals surface area contributed by atoms with Gasteiger partial charge in [-0.05, 0) is 35.9 Å². The van der Waals surface area contributed by atoms with Gasteiger partial charge >= 0.3 is 0 Å². The third-order valence-corrected chi connectivity index (χ3v) is 5.16. The topological polar surface area (TPSA) is 87.3 Å². The predicted octanol–water partition coefficient (Wildman–Crippen LogP) is 6.04. The van der Waals surface area contributed by atoms with Crippen molar-refractivity contribution >= 4 is 0 Å². The van der Waals surface area contributed by atoms with E-state index in [0.29, 0.717) is 23.7 Å². The molecule has 3 aliphatic rings. The van der Waals surface area contributed by atoms with Crippen LogP contribution < -0.4 is 4.74 Å². The molecule has 2 atom stereocenters. The summed E-state index contributed by atoms with van der Waals surface area (Å²) >= 11 is 0. The Balaban J connectivity index is 0.000000117. The fraction of sp³-hybridized carbons (Fsp3) is 0.200. The van der Waals surface area contributed by atoms with Crippen molar-refractivity contribution in [2.75, 3.05) is 26.4 Å². The van der Waals surface area contributed by atoms with E-state index in [1.54, 1.807) is 48.5 Å². The van der Waals surface area contributed by atoms with Gasteiger partial charge in [-0.3, -0.25) is 0 Å². The molecule has 2 unspecified atom stereocenters. The molecular weight excluding hydrogens is 456 g/mol. The van der Waals surface area contributed by atoms with Crippen LogP contribution in [0, 0.1) is 0 Å². The number of ether oxygens (including phenoxy) is 4. The first-order chi connectivity index (χ1) is 17.7. The minimum atomic E-state index is 0.322. The van der Waals surface area contributed by atoms with Crippen LogP contribution in [0.4, 0.5) is 0 Å². The molecular formula is C30H30O6. The molecule has 0 spiro atoms. The molecule has 0 amide bonds. The van der Waals surface area contributed by atoms with Crippen molar-refractivity contribution in [1.29, 1.82) is 0 Å². The lowest BCUT2D eigenvalue weighted by molar-refractivity contribution is 0.102. The van der Waals surface area contributed by atoms with E-state index in [1.807, 2.05) is 42.5 Å². The molecule has 2 saturated heterocycles. The van der Waals surface area contributed by atoms with Crippen molar-refractivity contribution in [3.8, 4) is 34.1 Å². The Hall–Kier alpha value is -3.84. The number of epoxide rings is 2. The number of para-hydroxylation sites is 3. The largest absolute Gasteiger partial charge is 0.508 e. The fourth-order valence-corrected chi connectivity index (χ4v) is 3.05. The average molecular weight is 487 g/mol. The first kappa shape index (κ1) is 25.3. The average Bonchev–Trinajstić information content (AvgIpc) is 3.76. The molecule has 0 radical (unpaired) electrons. The maximum Gasteiger partial charge on any atom is 0.177 e. The zero-order valence-electron chi connectivity index (χ0n) is 19.9. The molecule has 36 heavy (non-hydrogen) atoms. The minimum Gasteiger partial charge on any atom is -0.508 e. The van der Waals surface area contributed by atoms with E-state index in [4.69, 9.17) is 29.2 Å². The van der Waals surface area contributed by atoms with Crippen LogP contribution >= 0.6 is 0 Å². The van der Waals surface area contributed by atoms with E-state index in [1.165, 1.54) is 11.1 Å². The number of hydrogen-bond acceptors (Lipinski definition) is 6. The number of aromatic hydroxyl groups is 2. The highest BCUT2D eigenvalue weighted by Crippen LogP contribution is 2.51. The minimum absolute atomic E-state index is 0.322. The standard InChI is InChI=1S/C12H8O.C6H10O3.2C6H6O/c1-2-5-9(6-3-1)10-7-4-8-11-12(10)13-11;1(5-3-8-5)7-2-6-4-9-6;2*7-6-4-2-1-3-5-6/h1-8H;5-6H,1-4H2;2*1-5,7H. The van der Waals surface area contributed by atoms with E-state index in [9.17, 15) is 0 Å². The molecule has 0 bridgehead atoms. The van der Waals surface area contributed by atoms with Gasteiger partial charge in [-0.1, -0.05) is 78.9 Å². The number of phenols is 2. The Bertz CT molecular complexity index is 1110. The van der Waals surface area contributed by atoms with Crippen LogP contribution in [-0.2, 0) is 14.2 Å². The van der Waals surface area contributed by atoms with Crippen LogP contribution in [0.15, 0.2) is 109 Å². The van der Waals surface area contributed by atoms with Crippen LogP contribution in [-0.4, -0.2) is 48.8 Å². The maximum atomic E-state index is 8.63. The van der Waals surface area contributed by atoms with Gasteiger partial charge in [0.2, 0.25) is 0 Å². The number of phenolic OH excluding ortho intramolecular Hbond substituents is 2. The van der Waals surface area contributed by atoms with E-state index in [2.05, 4.69) is 18.2 Å². The highest BCUT2D eigenvalue weighted by molar-refractivity contribution is 5.79.